The highest BCUT2D eigenvalue weighted by Gasteiger charge is 2.31. The first kappa shape index (κ1) is 13.9. The van der Waals surface area contributed by atoms with Gasteiger partial charge in [-0.25, -0.2) is 4.98 Å². The molecule has 0 spiro atoms. The highest BCUT2D eigenvalue weighted by molar-refractivity contribution is 5.83. The predicted molar refractivity (Wildman–Crippen MR) is 86.2 cm³/mol. The molecule has 0 radical (unpaired) electrons. The van der Waals surface area contributed by atoms with Crippen LogP contribution in [0.2, 0.25) is 0 Å². The second-order valence-electron chi connectivity index (χ2n) is 6.38. The molecule has 3 nitrogen and oxygen atoms in total. The van der Waals surface area contributed by atoms with E-state index in [0.29, 0.717) is 23.4 Å². The lowest BCUT2D eigenvalue weighted by Crippen LogP contribution is -2.46. The molecule has 0 aliphatic carbocycles. The van der Waals surface area contributed by atoms with Crippen molar-refractivity contribution in [3.63, 3.8) is 0 Å². The predicted octanol–water partition coefficient (Wildman–Crippen LogP) is 3.98. The standard InChI is InChI=1S/C18H21N3/c1-12-8-13(2)14(3)21(11-12)18-16(10-19)9-15-6-4-5-7-17(15)20-18/h4-7,9,12-14H,8,11H2,1-3H3. The lowest BCUT2D eigenvalue weighted by atomic mass is 9.86. The summed E-state index contributed by atoms with van der Waals surface area (Å²) in [6.07, 6.45) is 1.24. The van der Waals surface area contributed by atoms with Crippen LogP contribution in [0.25, 0.3) is 10.9 Å². The Bertz CT molecular complexity index is 701. The van der Waals surface area contributed by atoms with Gasteiger partial charge in [0.25, 0.3) is 0 Å². The van der Waals surface area contributed by atoms with E-state index in [1.807, 2.05) is 30.3 Å². The molecular formula is C18H21N3. The summed E-state index contributed by atoms with van der Waals surface area (Å²) in [6, 6.07) is 12.7. The van der Waals surface area contributed by atoms with Crippen molar-refractivity contribution in [1.82, 2.24) is 4.98 Å². The molecule has 2 aromatic rings. The smallest absolute Gasteiger partial charge is 0.147 e. The number of hydrogen-bond acceptors (Lipinski definition) is 3. The van der Waals surface area contributed by atoms with Gasteiger partial charge in [-0.2, -0.15) is 5.26 Å². The third-order valence-electron chi connectivity index (χ3n) is 4.69. The first-order valence-electron chi connectivity index (χ1n) is 7.66. The summed E-state index contributed by atoms with van der Waals surface area (Å²) >= 11 is 0. The Kier molecular flexibility index (Phi) is 3.55. The lowest BCUT2D eigenvalue weighted by molar-refractivity contribution is 0.295. The van der Waals surface area contributed by atoms with E-state index in [4.69, 9.17) is 4.98 Å². The minimum atomic E-state index is 0.418. The number of piperidine rings is 1. The van der Waals surface area contributed by atoms with Crippen molar-refractivity contribution < 1.29 is 0 Å². The zero-order valence-electron chi connectivity index (χ0n) is 12.9. The van der Waals surface area contributed by atoms with E-state index in [2.05, 4.69) is 31.7 Å². The van der Waals surface area contributed by atoms with Crippen molar-refractivity contribution in [1.29, 1.82) is 5.26 Å². The molecule has 1 aromatic heterocycles. The second-order valence-corrected chi connectivity index (χ2v) is 6.38. The SMILES string of the molecule is CC1CC(C)C(C)N(c2nc3ccccc3cc2C#N)C1. The highest BCUT2D eigenvalue weighted by atomic mass is 15.2. The summed E-state index contributed by atoms with van der Waals surface area (Å²) < 4.78 is 0. The molecule has 1 aliphatic rings. The van der Waals surface area contributed by atoms with Crippen molar-refractivity contribution in [3.8, 4) is 6.07 Å². The van der Waals surface area contributed by atoms with Gasteiger partial charge in [0, 0.05) is 18.0 Å². The van der Waals surface area contributed by atoms with Crippen molar-refractivity contribution in [2.24, 2.45) is 11.8 Å². The van der Waals surface area contributed by atoms with Gasteiger partial charge < -0.3 is 4.90 Å². The Morgan fingerprint density at radius 2 is 2.00 bits per heavy atom. The molecule has 0 amide bonds. The summed E-state index contributed by atoms with van der Waals surface area (Å²) in [5.74, 6) is 2.10. The number of para-hydroxylation sites is 1. The van der Waals surface area contributed by atoms with Crippen molar-refractivity contribution in [2.75, 3.05) is 11.4 Å². The van der Waals surface area contributed by atoms with E-state index in [1.165, 1.54) is 6.42 Å². The van der Waals surface area contributed by atoms with E-state index in [1.54, 1.807) is 0 Å². The van der Waals surface area contributed by atoms with Crippen LogP contribution in [0.15, 0.2) is 30.3 Å². The third kappa shape index (κ3) is 2.47. The van der Waals surface area contributed by atoms with Gasteiger partial charge in [0.1, 0.15) is 11.9 Å². The molecule has 1 aromatic carbocycles. The number of anilines is 1. The molecule has 0 bridgehead atoms. The quantitative estimate of drug-likeness (QED) is 0.792. The summed E-state index contributed by atoms with van der Waals surface area (Å²) in [4.78, 5) is 7.12. The molecule has 21 heavy (non-hydrogen) atoms. The van der Waals surface area contributed by atoms with Crippen molar-refractivity contribution in [3.05, 3.63) is 35.9 Å². The van der Waals surface area contributed by atoms with E-state index in [0.717, 1.165) is 23.3 Å². The van der Waals surface area contributed by atoms with E-state index in [9.17, 15) is 5.26 Å². The van der Waals surface area contributed by atoms with Gasteiger partial charge in [0.2, 0.25) is 0 Å². The molecular weight excluding hydrogens is 258 g/mol. The van der Waals surface area contributed by atoms with Crippen LogP contribution in [-0.4, -0.2) is 17.6 Å². The number of rotatable bonds is 1. The Labute approximate surface area is 126 Å². The normalized spacial score (nSPS) is 25.8. The summed E-state index contributed by atoms with van der Waals surface area (Å²) in [5, 5.41) is 10.5. The molecule has 0 N–H and O–H groups in total. The Morgan fingerprint density at radius 3 is 2.76 bits per heavy atom. The number of pyridine rings is 1. The van der Waals surface area contributed by atoms with Crippen LogP contribution in [0.1, 0.15) is 32.8 Å². The van der Waals surface area contributed by atoms with Gasteiger partial charge in [-0.15, -0.1) is 0 Å². The minimum Gasteiger partial charge on any atom is -0.352 e. The average Bonchev–Trinajstić information content (AvgIpc) is 2.49. The van der Waals surface area contributed by atoms with Gasteiger partial charge in [-0.3, -0.25) is 0 Å². The topological polar surface area (TPSA) is 39.9 Å². The Balaban J connectivity index is 2.12. The van der Waals surface area contributed by atoms with Gasteiger partial charge in [0.05, 0.1) is 11.1 Å². The molecule has 1 aliphatic heterocycles. The van der Waals surface area contributed by atoms with E-state index >= 15 is 0 Å². The number of hydrogen-bond donors (Lipinski definition) is 0. The van der Waals surface area contributed by atoms with E-state index in [-0.39, 0.29) is 0 Å². The first-order valence-corrected chi connectivity index (χ1v) is 7.66. The van der Waals surface area contributed by atoms with Crippen LogP contribution in [-0.2, 0) is 0 Å². The first-order chi connectivity index (χ1) is 10.1. The number of fused-ring (bicyclic) bond motifs is 1. The number of aromatic nitrogens is 1. The zero-order valence-corrected chi connectivity index (χ0v) is 12.9. The average molecular weight is 279 g/mol. The van der Waals surface area contributed by atoms with Gasteiger partial charge >= 0.3 is 0 Å². The van der Waals surface area contributed by atoms with Crippen LogP contribution < -0.4 is 4.90 Å². The van der Waals surface area contributed by atoms with Gasteiger partial charge in [-0.1, -0.05) is 32.0 Å². The van der Waals surface area contributed by atoms with Crippen LogP contribution in [0.4, 0.5) is 5.82 Å². The number of nitriles is 1. The highest BCUT2D eigenvalue weighted by Crippen LogP contribution is 2.33. The van der Waals surface area contributed by atoms with Crippen LogP contribution >= 0.6 is 0 Å². The van der Waals surface area contributed by atoms with Crippen LogP contribution in [0, 0.1) is 23.2 Å². The maximum absolute atomic E-state index is 9.51. The second kappa shape index (κ2) is 5.37. The lowest BCUT2D eigenvalue weighted by Gasteiger charge is -2.42. The molecule has 3 heteroatoms. The van der Waals surface area contributed by atoms with Crippen LogP contribution in [0.3, 0.4) is 0 Å². The largest absolute Gasteiger partial charge is 0.352 e. The molecule has 1 fully saturated rings. The maximum atomic E-state index is 9.51. The minimum absolute atomic E-state index is 0.418. The molecule has 3 rings (SSSR count). The fraction of sp³-hybridized carbons (Fsp3) is 0.444. The Hall–Kier alpha value is -2.08. The monoisotopic (exact) mass is 279 g/mol. The van der Waals surface area contributed by atoms with Crippen LogP contribution in [0.5, 0.6) is 0 Å². The summed E-state index contributed by atoms with van der Waals surface area (Å²) in [5.41, 5.74) is 1.64. The van der Waals surface area contributed by atoms with Gasteiger partial charge in [-0.05, 0) is 37.3 Å². The van der Waals surface area contributed by atoms with E-state index < -0.39 is 0 Å². The molecule has 108 valence electrons. The van der Waals surface area contributed by atoms with Gasteiger partial charge in [0.15, 0.2) is 0 Å². The Morgan fingerprint density at radius 1 is 1.24 bits per heavy atom. The summed E-state index contributed by atoms with van der Waals surface area (Å²) in [6.45, 7) is 7.79. The fourth-order valence-electron chi connectivity index (χ4n) is 3.40. The molecule has 3 atom stereocenters. The molecule has 2 heterocycles. The fourth-order valence-corrected chi connectivity index (χ4v) is 3.40. The number of benzene rings is 1. The molecule has 0 saturated carbocycles. The third-order valence-corrected chi connectivity index (χ3v) is 4.69. The zero-order chi connectivity index (χ0) is 15.0. The molecule has 3 unspecified atom stereocenters. The van der Waals surface area contributed by atoms with Crippen molar-refractivity contribution in [2.45, 2.75) is 33.2 Å². The summed E-state index contributed by atoms with van der Waals surface area (Å²) in [7, 11) is 0. The number of nitrogens with zero attached hydrogens (tertiary/aromatic N) is 3. The molecule has 1 saturated heterocycles. The van der Waals surface area contributed by atoms with Crippen molar-refractivity contribution >= 4 is 16.7 Å². The maximum Gasteiger partial charge on any atom is 0.147 e.